The Morgan fingerprint density at radius 1 is 0.942 bits per heavy atom. The van der Waals surface area contributed by atoms with Crippen LogP contribution in [-0.2, 0) is 0 Å². The van der Waals surface area contributed by atoms with Crippen molar-refractivity contribution in [2.75, 3.05) is 34.5 Å². The average molecular weight is 816 g/mol. The molecule has 0 aliphatic heterocycles. The fourth-order valence-electron chi connectivity index (χ4n) is 5.17. The standard InChI is InChI=1S/C37H36N8O4.CH3I.CH4/c1-5-17-38-35(46)25-20-26(22-28(21-25)48-4)40-36-39-18-16-34(43-36)49-32-15-14-31(29-8-6-7-9-30(29)32)41-37(47)42-33-19-24(3)44-45(33)27-12-10-23(2)11-13-27;1-2;/h6-16,18-22H,5,17H2,1-4H3,(H,38,46)(H,39,40,43)(H2,41,42,47);1H3;1H4/i;1D;. The van der Waals surface area contributed by atoms with Crippen LogP contribution in [0.1, 0.15) is 43.8 Å². The predicted molar refractivity (Wildman–Crippen MR) is 217 cm³/mol. The lowest BCUT2D eigenvalue weighted by Gasteiger charge is -2.14. The molecule has 0 spiro atoms. The highest BCUT2D eigenvalue weighted by molar-refractivity contribution is 14.1. The van der Waals surface area contributed by atoms with Gasteiger partial charge in [-0.25, -0.2) is 14.5 Å². The van der Waals surface area contributed by atoms with Crippen LogP contribution < -0.4 is 30.7 Å². The summed E-state index contributed by atoms with van der Waals surface area (Å²) >= 11 is 1.96. The minimum absolute atomic E-state index is 0. The third kappa shape index (κ3) is 9.75. The third-order valence-corrected chi connectivity index (χ3v) is 7.52. The second kappa shape index (κ2) is 18.5. The Bertz CT molecular complexity index is 2160. The normalized spacial score (nSPS) is 10.5. The van der Waals surface area contributed by atoms with Crippen molar-refractivity contribution in [3.05, 3.63) is 114 Å². The van der Waals surface area contributed by atoms with Crippen molar-refractivity contribution >= 4 is 68.4 Å². The number of nitrogens with zero attached hydrogens (tertiary/aromatic N) is 4. The van der Waals surface area contributed by atoms with Gasteiger partial charge in [-0.1, -0.05) is 78.9 Å². The van der Waals surface area contributed by atoms with Gasteiger partial charge in [-0.2, -0.15) is 10.1 Å². The molecule has 0 saturated carbocycles. The number of carbonyl (C=O) groups is 2. The molecule has 0 atom stereocenters. The van der Waals surface area contributed by atoms with Crippen LogP contribution in [0.3, 0.4) is 0 Å². The minimum Gasteiger partial charge on any atom is -0.497 e. The zero-order chi connectivity index (χ0) is 37.0. The molecule has 52 heavy (non-hydrogen) atoms. The van der Waals surface area contributed by atoms with Crippen LogP contribution in [0.4, 0.5) is 27.9 Å². The Morgan fingerprint density at radius 2 is 1.69 bits per heavy atom. The number of fused-ring (bicyclic) bond motifs is 1. The van der Waals surface area contributed by atoms with Gasteiger partial charge in [0, 0.05) is 54.3 Å². The Labute approximate surface area is 318 Å². The van der Waals surface area contributed by atoms with E-state index in [4.69, 9.17) is 10.8 Å². The number of ether oxygens (including phenoxy) is 2. The monoisotopic (exact) mass is 815 g/mol. The number of methoxy groups -OCH3 is 1. The summed E-state index contributed by atoms with van der Waals surface area (Å²) < 4.78 is 19.5. The number of halogens is 1. The number of benzene rings is 4. The zero-order valence-corrected chi connectivity index (χ0v) is 30.8. The fourth-order valence-corrected chi connectivity index (χ4v) is 5.17. The van der Waals surface area contributed by atoms with E-state index in [0.29, 0.717) is 51.6 Å². The maximum absolute atomic E-state index is 13.2. The lowest BCUT2D eigenvalue weighted by atomic mass is 10.1. The SMILES string of the molecule is C.CCCNC(=O)c1cc(Nc2nccc(Oc3ccc(NC(=O)Nc4cc(C)nn4-c4ccc(C)cc4)c4ccccc34)n2)cc(OC)c1.[2H]CI. The maximum atomic E-state index is 13.2. The molecule has 2 aromatic heterocycles. The van der Waals surface area contributed by atoms with Gasteiger partial charge < -0.3 is 25.4 Å². The molecule has 0 radical (unpaired) electrons. The molecular formula is C39H43IN8O4. The first-order valence-corrected chi connectivity index (χ1v) is 17.6. The predicted octanol–water partition coefficient (Wildman–Crippen LogP) is 9.45. The summed E-state index contributed by atoms with van der Waals surface area (Å²) in [4.78, 5) is 35.2. The Hall–Kier alpha value is -5.70. The highest BCUT2D eigenvalue weighted by Gasteiger charge is 2.15. The van der Waals surface area contributed by atoms with Gasteiger partial charge in [0.1, 0.15) is 17.3 Å². The van der Waals surface area contributed by atoms with Crippen molar-refractivity contribution in [3.63, 3.8) is 0 Å². The number of nitrogens with one attached hydrogen (secondary N) is 4. The van der Waals surface area contributed by atoms with Gasteiger partial charge in [-0.05, 0) is 61.6 Å². The number of hydrogen-bond donors (Lipinski definition) is 4. The quantitative estimate of drug-likeness (QED) is 0.0748. The van der Waals surface area contributed by atoms with Crippen LogP contribution >= 0.6 is 22.6 Å². The van der Waals surface area contributed by atoms with Crippen LogP contribution in [0.2, 0.25) is 0 Å². The van der Waals surface area contributed by atoms with Crippen molar-refractivity contribution in [2.45, 2.75) is 34.6 Å². The van der Waals surface area contributed by atoms with E-state index in [1.165, 1.54) is 0 Å². The summed E-state index contributed by atoms with van der Waals surface area (Å²) in [6.07, 6.45) is 2.40. The smallest absolute Gasteiger partial charge is 0.324 e. The van der Waals surface area contributed by atoms with Gasteiger partial charge in [0.05, 0.1) is 24.2 Å². The first-order valence-electron chi connectivity index (χ1n) is 16.8. The molecule has 4 aromatic carbocycles. The summed E-state index contributed by atoms with van der Waals surface area (Å²) in [7, 11) is 1.54. The van der Waals surface area contributed by atoms with E-state index in [2.05, 4.69) is 36.3 Å². The molecule has 0 saturated heterocycles. The highest BCUT2D eigenvalue weighted by atomic mass is 127. The van der Waals surface area contributed by atoms with Crippen LogP contribution in [0.5, 0.6) is 17.4 Å². The molecule has 0 fully saturated rings. The number of urea groups is 1. The van der Waals surface area contributed by atoms with E-state index in [0.717, 1.165) is 34.1 Å². The van der Waals surface area contributed by atoms with Gasteiger partial charge >= 0.3 is 6.03 Å². The highest BCUT2D eigenvalue weighted by Crippen LogP contribution is 2.34. The van der Waals surface area contributed by atoms with Crippen LogP contribution in [0.25, 0.3) is 16.5 Å². The van der Waals surface area contributed by atoms with Crippen LogP contribution in [0, 0.1) is 13.8 Å². The van der Waals surface area contributed by atoms with Crippen molar-refractivity contribution in [3.8, 4) is 23.1 Å². The molecule has 12 nitrogen and oxygen atoms in total. The minimum atomic E-state index is -0.415. The summed E-state index contributed by atoms with van der Waals surface area (Å²) in [6, 6.07) is 27.2. The number of rotatable bonds is 11. The molecular weight excluding hydrogens is 771 g/mol. The molecule has 0 aliphatic rings. The van der Waals surface area contributed by atoms with Crippen LogP contribution in [-0.4, -0.2) is 50.2 Å². The van der Waals surface area contributed by atoms with Gasteiger partial charge in [0.25, 0.3) is 5.91 Å². The molecule has 2 heterocycles. The number of hydrogen-bond acceptors (Lipinski definition) is 8. The first-order chi connectivity index (χ1) is 25.2. The van der Waals surface area contributed by atoms with Crippen molar-refractivity contribution in [1.29, 1.82) is 0 Å². The number of aromatic nitrogens is 4. The van der Waals surface area contributed by atoms with E-state index in [-0.39, 0.29) is 19.3 Å². The van der Waals surface area contributed by atoms with Gasteiger partial charge in [-0.3, -0.25) is 10.1 Å². The zero-order valence-electron chi connectivity index (χ0n) is 29.7. The molecule has 0 unspecified atom stereocenters. The Morgan fingerprint density at radius 3 is 2.42 bits per heavy atom. The number of anilines is 4. The largest absolute Gasteiger partial charge is 0.497 e. The number of carbonyl (C=O) groups excluding carboxylic acids is 2. The van der Waals surface area contributed by atoms with Gasteiger partial charge in [-0.15, -0.1) is 0 Å². The number of amides is 3. The third-order valence-electron chi connectivity index (χ3n) is 7.52. The topological polar surface area (TPSA) is 144 Å². The summed E-state index contributed by atoms with van der Waals surface area (Å²) in [5, 5.41) is 18.0. The molecule has 6 aromatic rings. The molecule has 4 N–H and O–H groups in total. The number of alkyl halides is 1. The fraction of sp³-hybridized carbons (Fsp3) is 0.205. The second-order valence-corrected chi connectivity index (χ2v) is 11.3. The summed E-state index contributed by atoms with van der Waals surface area (Å²) in [5.74, 6) is 1.96. The average Bonchev–Trinajstić information content (AvgIpc) is 3.51. The molecule has 0 bridgehead atoms. The molecule has 3 amide bonds. The van der Waals surface area contributed by atoms with Crippen molar-refractivity contribution < 1.29 is 20.4 Å². The lowest BCUT2D eigenvalue weighted by molar-refractivity contribution is 0.0953. The lowest BCUT2D eigenvalue weighted by Crippen LogP contribution is -2.24. The van der Waals surface area contributed by atoms with E-state index < -0.39 is 6.03 Å². The van der Waals surface area contributed by atoms with E-state index >= 15 is 0 Å². The first kappa shape index (κ1) is 37.6. The van der Waals surface area contributed by atoms with E-state index in [9.17, 15) is 9.59 Å². The Balaban J connectivity index is 0.00000152. The van der Waals surface area contributed by atoms with E-state index in [1.54, 1.807) is 54.4 Å². The molecule has 270 valence electrons. The van der Waals surface area contributed by atoms with Gasteiger partial charge in [0.2, 0.25) is 11.8 Å². The van der Waals surface area contributed by atoms with Crippen molar-refractivity contribution in [2.24, 2.45) is 0 Å². The summed E-state index contributed by atoms with van der Waals surface area (Å²) in [5.41, 5.74) is 4.37. The summed E-state index contributed by atoms with van der Waals surface area (Å²) in [6.45, 7) is 6.46. The number of aryl methyl sites for hydroxylation is 2. The van der Waals surface area contributed by atoms with Gasteiger partial charge in [0.15, 0.2) is 0 Å². The van der Waals surface area contributed by atoms with Crippen LogP contribution in [0.15, 0.2) is 97.2 Å². The molecule has 13 heteroatoms. The maximum Gasteiger partial charge on any atom is 0.324 e. The van der Waals surface area contributed by atoms with E-state index in [1.807, 2.05) is 98.0 Å². The Kier molecular flexibility index (Phi) is 13.4. The molecule has 6 rings (SSSR count). The second-order valence-electron chi connectivity index (χ2n) is 11.3. The van der Waals surface area contributed by atoms with Crippen molar-refractivity contribution in [1.82, 2.24) is 25.1 Å². The molecule has 0 aliphatic carbocycles.